The Morgan fingerprint density at radius 2 is 2.18 bits per heavy atom. The summed E-state index contributed by atoms with van der Waals surface area (Å²) in [5, 5.41) is 20.9. The first-order chi connectivity index (χ1) is 7.84. The summed E-state index contributed by atoms with van der Waals surface area (Å²) in [6.45, 7) is 5.50. The predicted octanol–water partition coefficient (Wildman–Crippen LogP) is 2.53. The lowest BCUT2D eigenvalue weighted by molar-refractivity contribution is -0.137. The lowest BCUT2D eigenvalue weighted by Gasteiger charge is -2.26. The minimum atomic E-state index is -0.867. The summed E-state index contributed by atoms with van der Waals surface area (Å²) >= 11 is 0. The smallest absolute Gasteiger partial charge is 0.305 e. The van der Waals surface area contributed by atoms with Gasteiger partial charge in [-0.25, -0.2) is 0 Å². The van der Waals surface area contributed by atoms with Crippen molar-refractivity contribution in [3.05, 3.63) is 29.3 Å². The molecule has 1 aromatic rings. The van der Waals surface area contributed by atoms with Crippen molar-refractivity contribution in [2.24, 2.45) is 0 Å². The molecule has 1 aromatic carbocycles. The Labute approximate surface area is 101 Å². The van der Waals surface area contributed by atoms with Crippen LogP contribution in [0.1, 0.15) is 31.4 Å². The maximum absolute atomic E-state index is 10.7. The molecule has 0 unspecified atom stereocenters. The second-order valence-corrected chi connectivity index (χ2v) is 4.74. The summed E-state index contributed by atoms with van der Waals surface area (Å²) in [4.78, 5) is 10.7. The number of nitriles is 1. The molecule has 0 saturated carbocycles. The highest BCUT2D eigenvalue weighted by Gasteiger charge is 2.22. The Hall–Kier alpha value is -2.02. The summed E-state index contributed by atoms with van der Waals surface area (Å²) in [6.07, 6.45) is -0.00819. The Kier molecular flexibility index (Phi) is 3.74. The standard InChI is InChI=1S/C13H16N2O2/c1-9-4-5-11(10(6-9)8-14)15-13(2,3)7-12(16)17/h4-6,15H,7H2,1-3H3,(H,16,17). The molecule has 17 heavy (non-hydrogen) atoms. The van der Waals surface area contributed by atoms with E-state index in [1.165, 1.54) is 0 Å². The fourth-order valence-electron chi connectivity index (χ4n) is 1.65. The minimum absolute atomic E-state index is 0.00819. The van der Waals surface area contributed by atoms with Crippen LogP contribution in [0.2, 0.25) is 0 Å². The summed E-state index contributed by atoms with van der Waals surface area (Å²) < 4.78 is 0. The molecule has 0 bridgehead atoms. The Balaban J connectivity index is 2.95. The highest BCUT2D eigenvalue weighted by atomic mass is 16.4. The molecule has 0 fully saturated rings. The van der Waals surface area contributed by atoms with Crippen molar-refractivity contribution < 1.29 is 9.90 Å². The number of carboxylic acid groups (broad SMARTS) is 1. The lowest BCUT2D eigenvalue weighted by atomic mass is 9.99. The van der Waals surface area contributed by atoms with E-state index in [1.807, 2.05) is 13.0 Å². The first kappa shape index (κ1) is 13.0. The molecular weight excluding hydrogens is 216 g/mol. The third-order valence-electron chi connectivity index (χ3n) is 2.36. The van der Waals surface area contributed by atoms with Crippen LogP contribution in [-0.4, -0.2) is 16.6 Å². The van der Waals surface area contributed by atoms with Crippen LogP contribution in [0, 0.1) is 18.3 Å². The quantitative estimate of drug-likeness (QED) is 0.836. The summed E-state index contributed by atoms with van der Waals surface area (Å²) in [5.74, 6) is -0.867. The van der Waals surface area contributed by atoms with E-state index in [2.05, 4.69) is 11.4 Å². The van der Waals surface area contributed by atoms with Gasteiger partial charge in [-0.3, -0.25) is 4.79 Å². The molecule has 4 heteroatoms. The molecule has 0 heterocycles. The van der Waals surface area contributed by atoms with E-state index in [1.54, 1.807) is 26.0 Å². The number of nitrogens with zero attached hydrogens (tertiary/aromatic N) is 1. The van der Waals surface area contributed by atoms with E-state index >= 15 is 0 Å². The van der Waals surface area contributed by atoms with Gasteiger partial charge in [0.05, 0.1) is 17.7 Å². The van der Waals surface area contributed by atoms with Gasteiger partial charge in [-0.15, -0.1) is 0 Å². The van der Waals surface area contributed by atoms with Crippen molar-refractivity contribution in [3.63, 3.8) is 0 Å². The SMILES string of the molecule is Cc1ccc(NC(C)(C)CC(=O)O)c(C#N)c1. The van der Waals surface area contributed by atoms with E-state index in [0.29, 0.717) is 11.3 Å². The van der Waals surface area contributed by atoms with Gasteiger partial charge in [0.25, 0.3) is 0 Å². The van der Waals surface area contributed by atoms with E-state index in [0.717, 1.165) is 5.56 Å². The Morgan fingerprint density at radius 1 is 1.53 bits per heavy atom. The van der Waals surface area contributed by atoms with Gasteiger partial charge < -0.3 is 10.4 Å². The molecule has 2 N–H and O–H groups in total. The number of carbonyl (C=O) groups is 1. The highest BCUT2D eigenvalue weighted by Crippen LogP contribution is 2.22. The normalized spacial score (nSPS) is 10.7. The molecule has 4 nitrogen and oxygen atoms in total. The van der Waals surface area contributed by atoms with Gasteiger partial charge >= 0.3 is 5.97 Å². The summed E-state index contributed by atoms with van der Waals surface area (Å²) in [5.41, 5.74) is 1.61. The third-order valence-corrected chi connectivity index (χ3v) is 2.36. The van der Waals surface area contributed by atoms with Gasteiger partial charge in [-0.1, -0.05) is 6.07 Å². The van der Waals surface area contributed by atoms with Gasteiger partial charge in [0.2, 0.25) is 0 Å². The zero-order valence-corrected chi connectivity index (χ0v) is 10.2. The molecule has 0 aliphatic heterocycles. The Morgan fingerprint density at radius 3 is 2.71 bits per heavy atom. The third kappa shape index (κ3) is 3.80. The molecule has 0 saturated heterocycles. The first-order valence-corrected chi connectivity index (χ1v) is 5.35. The number of anilines is 1. The molecule has 0 atom stereocenters. The molecule has 1 rings (SSSR count). The average molecular weight is 232 g/mol. The van der Waals surface area contributed by atoms with Crippen molar-refractivity contribution in [2.45, 2.75) is 32.7 Å². The molecule has 0 spiro atoms. The zero-order chi connectivity index (χ0) is 13.1. The fourth-order valence-corrected chi connectivity index (χ4v) is 1.65. The second-order valence-electron chi connectivity index (χ2n) is 4.74. The van der Waals surface area contributed by atoms with Gasteiger partial charge in [0.1, 0.15) is 6.07 Å². The zero-order valence-electron chi connectivity index (χ0n) is 10.2. The van der Waals surface area contributed by atoms with Crippen molar-refractivity contribution >= 4 is 11.7 Å². The lowest BCUT2D eigenvalue weighted by Crippen LogP contribution is -2.33. The number of aryl methyl sites for hydroxylation is 1. The van der Waals surface area contributed by atoms with Crippen LogP contribution in [0.4, 0.5) is 5.69 Å². The van der Waals surface area contributed by atoms with E-state index in [9.17, 15) is 4.79 Å². The maximum Gasteiger partial charge on any atom is 0.305 e. The topological polar surface area (TPSA) is 73.1 Å². The molecule has 0 aliphatic carbocycles. The van der Waals surface area contributed by atoms with E-state index < -0.39 is 11.5 Å². The van der Waals surface area contributed by atoms with Gasteiger partial charge in [0, 0.05) is 5.54 Å². The number of rotatable bonds is 4. The molecule has 90 valence electrons. The van der Waals surface area contributed by atoms with Crippen LogP contribution in [0.25, 0.3) is 0 Å². The molecular formula is C13H16N2O2. The minimum Gasteiger partial charge on any atom is -0.481 e. The van der Waals surface area contributed by atoms with Crippen molar-refractivity contribution in [1.29, 1.82) is 5.26 Å². The monoisotopic (exact) mass is 232 g/mol. The fraction of sp³-hybridized carbons (Fsp3) is 0.385. The first-order valence-electron chi connectivity index (χ1n) is 5.35. The van der Waals surface area contributed by atoms with Crippen LogP contribution in [0.15, 0.2) is 18.2 Å². The molecule has 0 aromatic heterocycles. The summed E-state index contributed by atoms with van der Waals surface area (Å²) in [6, 6.07) is 7.57. The number of aliphatic carboxylic acids is 1. The molecule has 0 amide bonds. The van der Waals surface area contributed by atoms with E-state index in [4.69, 9.17) is 10.4 Å². The van der Waals surface area contributed by atoms with Crippen LogP contribution < -0.4 is 5.32 Å². The summed E-state index contributed by atoms with van der Waals surface area (Å²) in [7, 11) is 0. The molecule has 0 radical (unpaired) electrons. The van der Waals surface area contributed by atoms with Crippen LogP contribution in [0.3, 0.4) is 0 Å². The number of benzene rings is 1. The van der Waals surface area contributed by atoms with Gasteiger partial charge in [-0.2, -0.15) is 5.26 Å². The van der Waals surface area contributed by atoms with Gasteiger partial charge in [0.15, 0.2) is 0 Å². The van der Waals surface area contributed by atoms with Crippen molar-refractivity contribution in [1.82, 2.24) is 0 Å². The maximum atomic E-state index is 10.7. The van der Waals surface area contributed by atoms with Crippen LogP contribution in [-0.2, 0) is 4.79 Å². The van der Waals surface area contributed by atoms with Crippen LogP contribution >= 0.6 is 0 Å². The number of carboxylic acids is 1. The van der Waals surface area contributed by atoms with Crippen molar-refractivity contribution in [2.75, 3.05) is 5.32 Å². The van der Waals surface area contributed by atoms with Crippen LogP contribution in [0.5, 0.6) is 0 Å². The number of nitrogens with one attached hydrogen (secondary N) is 1. The van der Waals surface area contributed by atoms with Crippen molar-refractivity contribution in [3.8, 4) is 6.07 Å². The second kappa shape index (κ2) is 4.88. The molecule has 0 aliphatic rings. The highest BCUT2D eigenvalue weighted by molar-refractivity contribution is 5.70. The van der Waals surface area contributed by atoms with E-state index in [-0.39, 0.29) is 6.42 Å². The van der Waals surface area contributed by atoms with Gasteiger partial charge in [-0.05, 0) is 38.5 Å². The largest absolute Gasteiger partial charge is 0.481 e. The number of hydrogen-bond donors (Lipinski definition) is 2. The Bertz CT molecular complexity index is 473. The average Bonchev–Trinajstić information content (AvgIpc) is 2.18. The predicted molar refractivity (Wildman–Crippen MR) is 65.8 cm³/mol. The number of hydrogen-bond acceptors (Lipinski definition) is 3.